The molecule has 0 saturated carbocycles. The molecule has 100 valence electrons. The highest BCUT2D eigenvalue weighted by atomic mass is 15.2. The van der Waals surface area contributed by atoms with Crippen LogP contribution in [0.4, 0.5) is 5.82 Å². The van der Waals surface area contributed by atoms with Crippen molar-refractivity contribution in [1.29, 1.82) is 0 Å². The number of likely N-dealkylation sites (tertiary alicyclic amines) is 1. The van der Waals surface area contributed by atoms with Crippen LogP contribution in [-0.2, 0) is 0 Å². The molecule has 3 heteroatoms. The molecule has 1 saturated heterocycles. The summed E-state index contributed by atoms with van der Waals surface area (Å²) in [5, 5.41) is 0. The molecule has 1 aromatic heterocycles. The fourth-order valence-electron chi connectivity index (χ4n) is 2.97. The highest BCUT2D eigenvalue weighted by Gasteiger charge is 2.25. The Hall–Kier alpha value is -1.09. The van der Waals surface area contributed by atoms with E-state index in [1.165, 1.54) is 37.9 Å². The first kappa shape index (κ1) is 13.3. The van der Waals surface area contributed by atoms with Crippen LogP contribution in [0, 0.1) is 12.8 Å². The Balaban J connectivity index is 2.22. The number of nitrogens with two attached hydrogens (primary N) is 1. The van der Waals surface area contributed by atoms with Crippen LogP contribution in [0.2, 0.25) is 0 Å². The number of nitrogens with zero attached hydrogens (tertiary/aromatic N) is 2. The monoisotopic (exact) mass is 247 g/mol. The molecule has 1 aromatic rings. The normalized spacial score (nSPS) is 21.4. The molecule has 1 aliphatic heterocycles. The summed E-state index contributed by atoms with van der Waals surface area (Å²) in [4.78, 5) is 7.03. The first-order chi connectivity index (χ1) is 8.58. The number of aromatic nitrogens is 1. The van der Waals surface area contributed by atoms with Crippen LogP contribution in [0.15, 0.2) is 12.1 Å². The number of aryl methyl sites for hydroxylation is 1. The fraction of sp³-hybridized carbons (Fsp3) is 0.667. The summed E-state index contributed by atoms with van der Waals surface area (Å²) < 4.78 is 0. The van der Waals surface area contributed by atoms with Crippen LogP contribution in [0.3, 0.4) is 0 Å². The van der Waals surface area contributed by atoms with Crippen molar-refractivity contribution in [2.75, 3.05) is 18.8 Å². The second-order valence-electron chi connectivity index (χ2n) is 5.81. The third-order valence-corrected chi connectivity index (χ3v) is 3.72. The summed E-state index contributed by atoms with van der Waals surface area (Å²) in [5.41, 5.74) is 8.21. The Kier molecular flexibility index (Phi) is 4.23. The average molecular weight is 247 g/mol. The van der Waals surface area contributed by atoms with Gasteiger partial charge in [-0.25, -0.2) is 4.98 Å². The lowest BCUT2D eigenvalue weighted by Gasteiger charge is -2.37. The van der Waals surface area contributed by atoms with Gasteiger partial charge in [0.1, 0.15) is 5.82 Å². The number of hydrogen-bond donors (Lipinski definition) is 1. The van der Waals surface area contributed by atoms with Gasteiger partial charge in [-0.3, -0.25) is 4.90 Å². The van der Waals surface area contributed by atoms with Crippen LogP contribution >= 0.6 is 0 Å². The molecule has 0 aliphatic carbocycles. The number of anilines is 1. The fourth-order valence-corrected chi connectivity index (χ4v) is 2.97. The van der Waals surface area contributed by atoms with Gasteiger partial charge in [0.25, 0.3) is 0 Å². The van der Waals surface area contributed by atoms with Crippen molar-refractivity contribution >= 4 is 5.82 Å². The van der Waals surface area contributed by atoms with Crippen molar-refractivity contribution in [3.05, 3.63) is 23.4 Å². The predicted molar refractivity (Wildman–Crippen MR) is 76.4 cm³/mol. The Labute approximate surface area is 110 Å². The highest BCUT2D eigenvalue weighted by molar-refractivity contribution is 5.35. The number of pyridine rings is 1. The third kappa shape index (κ3) is 3.02. The van der Waals surface area contributed by atoms with Gasteiger partial charge in [0.15, 0.2) is 0 Å². The second-order valence-corrected chi connectivity index (χ2v) is 5.81. The minimum absolute atomic E-state index is 0.536. The van der Waals surface area contributed by atoms with Crippen LogP contribution in [-0.4, -0.2) is 23.0 Å². The summed E-state index contributed by atoms with van der Waals surface area (Å²) in [6, 6.07) is 4.64. The number of nitrogen functional groups attached to an aromatic ring is 1. The predicted octanol–water partition coefficient (Wildman–Crippen LogP) is 3.16. The van der Waals surface area contributed by atoms with Gasteiger partial charge in [-0.15, -0.1) is 0 Å². The summed E-state index contributed by atoms with van der Waals surface area (Å²) in [6.45, 7) is 9.05. The largest absolute Gasteiger partial charge is 0.384 e. The summed E-state index contributed by atoms with van der Waals surface area (Å²) in [5.74, 6) is 1.34. The first-order valence-corrected chi connectivity index (χ1v) is 7.05. The van der Waals surface area contributed by atoms with Gasteiger partial charge >= 0.3 is 0 Å². The number of piperidine rings is 1. The van der Waals surface area contributed by atoms with E-state index in [0.29, 0.717) is 17.8 Å². The number of rotatable bonds is 3. The summed E-state index contributed by atoms with van der Waals surface area (Å²) >= 11 is 0. The summed E-state index contributed by atoms with van der Waals surface area (Å²) in [6.07, 6.45) is 3.90. The van der Waals surface area contributed by atoms with E-state index in [4.69, 9.17) is 5.73 Å². The molecule has 0 radical (unpaired) electrons. The zero-order chi connectivity index (χ0) is 13.1. The SMILES string of the molecule is Cc1nc(N)ccc1[C@H]1CCCCN1CC(C)C. The van der Waals surface area contributed by atoms with Crippen LogP contribution in [0.1, 0.15) is 50.4 Å². The zero-order valence-corrected chi connectivity index (χ0v) is 11.8. The molecule has 3 nitrogen and oxygen atoms in total. The molecular formula is C15H25N3. The maximum absolute atomic E-state index is 5.75. The smallest absolute Gasteiger partial charge is 0.123 e. The van der Waals surface area contributed by atoms with E-state index in [1.807, 2.05) is 6.07 Å². The molecule has 0 spiro atoms. The minimum atomic E-state index is 0.536. The van der Waals surface area contributed by atoms with E-state index < -0.39 is 0 Å². The number of hydrogen-bond acceptors (Lipinski definition) is 3. The third-order valence-electron chi connectivity index (χ3n) is 3.72. The highest BCUT2D eigenvalue weighted by Crippen LogP contribution is 2.32. The van der Waals surface area contributed by atoms with Crippen LogP contribution < -0.4 is 5.73 Å². The van der Waals surface area contributed by atoms with E-state index in [9.17, 15) is 0 Å². The lowest BCUT2D eigenvalue weighted by atomic mass is 9.93. The summed E-state index contributed by atoms with van der Waals surface area (Å²) in [7, 11) is 0. The Morgan fingerprint density at radius 2 is 2.17 bits per heavy atom. The van der Waals surface area contributed by atoms with Gasteiger partial charge < -0.3 is 5.73 Å². The van der Waals surface area contributed by atoms with Crippen LogP contribution in [0.25, 0.3) is 0 Å². The lowest BCUT2D eigenvalue weighted by Crippen LogP contribution is -2.36. The molecular weight excluding hydrogens is 222 g/mol. The topological polar surface area (TPSA) is 42.1 Å². The van der Waals surface area contributed by atoms with Gasteiger partial charge in [0.2, 0.25) is 0 Å². The van der Waals surface area contributed by atoms with Gasteiger partial charge in [-0.1, -0.05) is 26.3 Å². The van der Waals surface area contributed by atoms with E-state index in [1.54, 1.807) is 0 Å². The van der Waals surface area contributed by atoms with Gasteiger partial charge in [-0.2, -0.15) is 0 Å². The Morgan fingerprint density at radius 3 is 2.83 bits per heavy atom. The van der Waals surface area contributed by atoms with Gasteiger partial charge in [0.05, 0.1) is 0 Å². The van der Waals surface area contributed by atoms with Crippen molar-refractivity contribution in [3.63, 3.8) is 0 Å². The molecule has 1 fully saturated rings. The zero-order valence-electron chi connectivity index (χ0n) is 11.8. The maximum atomic E-state index is 5.75. The van der Waals surface area contributed by atoms with E-state index in [2.05, 4.69) is 36.7 Å². The standard InChI is InChI=1S/C15H25N3/c1-11(2)10-18-9-5-4-6-14(18)13-7-8-15(16)17-12(13)3/h7-8,11,14H,4-6,9-10H2,1-3H3,(H2,16,17)/t14-/m1/s1. The molecule has 1 aliphatic rings. The molecule has 2 rings (SSSR count). The van der Waals surface area contributed by atoms with Crippen molar-refractivity contribution < 1.29 is 0 Å². The van der Waals surface area contributed by atoms with Gasteiger partial charge in [-0.05, 0) is 43.9 Å². The van der Waals surface area contributed by atoms with Crippen molar-refractivity contribution in [3.8, 4) is 0 Å². The molecule has 0 bridgehead atoms. The van der Waals surface area contributed by atoms with E-state index in [0.717, 1.165) is 5.69 Å². The molecule has 2 N–H and O–H groups in total. The van der Waals surface area contributed by atoms with Crippen molar-refractivity contribution in [1.82, 2.24) is 9.88 Å². The van der Waals surface area contributed by atoms with Crippen LogP contribution in [0.5, 0.6) is 0 Å². The molecule has 1 atom stereocenters. The minimum Gasteiger partial charge on any atom is -0.384 e. The Bertz CT molecular complexity index is 401. The molecule has 0 aromatic carbocycles. The van der Waals surface area contributed by atoms with Crippen molar-refractivity contribution in [2.45, 2.75) is 46.1 Å². The van der Waals surface area contributed by atoms with E-state index in [-0.39, 0.29) is 0 Å². The molecule has 0 amide bonds. The second kappa shape index (κ2) is 5.70. The van der Waals surface area contributed by atoms with E-state index >= 15 is 0 Å². The quantitative estimate of drug-likeness (QED) is 0.892. The average Bonchev–Trinajstić information content (AvgIpc) is 2.30. The van der Waals surface area contributed by atoms with Gasteiger partial charge in [0, 0.05) is 18.3 Å². The Morgan fingerprint density at radius 1 is 1.39 bits per heavy atom. The first-order valence-electron chi connectivity index (χ1n) is 7.05. The molecule has 18 heavy (non-hydrogen) atoms. The lowest BCUT2D eigenvalue weighted by molar-refractivity contribution is 0.131. The molecule has 0 unspecified atom stereocenters. The molecule has 2 heterocycles. The van der Waals surface area contributed by atoms with Crippen molar-refractivity contribution in [2.24, 2.45) is 5.92 Å². The maximum Gasteiger partial charge on any atom is 0.123 e.